The Kier molecular flexibility index (Phi) is 4.11. The van der Waals surface area contributed by atoms with Gasteiger partial charge in [0.05, 0.1) is 18.0 Å². The summed E-state index contributed by atoms with van der Waals surface area (Å²) in [7, 11) is 3.82. The predicted molar refractivity (Wildman–Crippen MR) is 75.0 cm³/mol. The zero-order valence-electron chi connectivity index (χ0n) is 10.8. The summed E-state index contributed by atoms with van der Waals surface area (Å²) in [6.07, 6.45) is -0.343. The van der Waals surface area contributed by atoms with E-state index in [-0.39, 0.29) is 6.10 Å². The van der Waals surface area contributed by atoms with E-state index < -0.39 is 0 Å². The average Bonchev–Trinajstić information content (AvgIpc) is 2.74. The Labute approximate surface area is 110 Å². The average molecular weight is 266 g/mol. The van der Waals surface area contributed by atoms with Crippen molar-refractivity contribution in [2.75, 3.05) is 26.0 Å². The van der Waals surface area contributed by atoms with E-state index in [2.05, 4.69) is 15.3 Å². The number of likely N-dealkylation sites (N-methyl/N-ethyl adjacent to an activating group) is 1. The number of fused-ring (bicyclic) bond motifs is 1. The SMILES string of the molecule is CNc1nc(CN(C)CC(C)O)nc2sccc12. The van der Waals surface area contributed by atoms with Crippen LogP contribution in [0.25, 0.3) is 10.2 Å². The van der Waals surface area contributed by atoms with E-state index >= 15 is 0 Å². The van der Waals surface area contributed by atoms with E-state index in [9.17, 15) is 5.11 Å². The van der Waals surface area contributed by atoms with Crippen LogP contribution in [0.15, 0.2) is 11.4 Å². The maximum atomic E-state index is 9.35. The van der Waals surface area contributed by atoms with Gasteiger partial charge in [-0.15, -0.1) is 11.3 Å². The Balaban J connectivity index is 2.22. The van der Waals surface area contributed by atoms with Crippen molar-refractivity contribution >= 4 is 27.4 Å². The second kappa shape index (κ2) is 5.60. The number of rotatable bonds is 5. The third-order valence-electron chi connectivity index (χ3n) is 2.60. The van der Waals surface area contributed by atoms with Gasteiger partial charge in [-0.1, -0.05) is 0 Å². The topological polar surface area (TPSA) is 61.3 Å². The summed E-state index contributed by atoms with van der Waals surface area (Å²) in [6, 6.07) is 2.02. The molecule has 2 heterocycles. The molecule has 0 aliphatic carbocycles. The van der Waals surface area contributed by atoms with Crippen LogP contribution in [-0.2, 0) is 6.54 Å². The maximum Gasteiger partial charge on any atom is 0.146 e. The molecule has 1 unspecified atom stereocenters. The quantitative estimate of drug-likeness (QED) is 0.859. The number of aliphatic hydroxyl groups is 1. The van der Waals surface area contributed by atoms with Gasteiger partial charge in [0.2, 0.25) is 0 Å². The van der Waals surface area contributed by atoms with Crippen LogP contribution >= 0.6 is 11.3 Å². The number of thiophene rings is 1. The van der Waals surface area contributed by atoms with E-state index in [0.717, 1.165) is 21.9 Å². The molecule has 1 atom stereocenters. The second-order valence-corrected chi connectivity index (χ2v) is 5.32. The molecule has 0 aromatic carbocycles. The number of aromatic nitrogens is 2. The summed E-state index contributed by atoms with van der Waals surface area (Å²) >= 11 is 1.61. The summed E-state index contributed by atoms with van der Waals surface area (Å²) in [4.78, 5) is 12.0. The van der Waals surface area contributed by atoms with Crippen LogP contribution in [0.2, 0.25) is 0 Å². The minimum absolute atomic E-state index is 0.343. The first-order valence-corrected chi connectivity index (χ1v) is 6.76. The molecule has 0 radical (unpaired) electrons. The highest BCUT2D eigenvalue weighted by molar-refractivity contribution is 7.16. The molecular weight excluding hydrogens is 248 g/mol. The van der Waals surface area contributed by atoms with Gasteiger partial charge in [0.15, 0.2) is 0 Å². The second-order valence-electron chi connectivity index (χ2n) is 4.42. The monoisotopic (exact) mass is 266 g/mol. The molecule has 2 aromatic heterocycles. The Morgan fingerprint density at radius 2 is 2.28 bits per heavy atom. The summed E-state index contributed by atoms with van der Waals surface area (Å²) in [6.45, 7) is 3.02. The van der Waals surface area contributed by atoms with E-state index in [1.165, 1.54) is 0 Å². The number of nitrogens with one attached hydrogen (secondary N) is 1. The molecule has 6 heteroatoms. The number of hydrogen-bond donors (Lipinski definition) is 2. The molecule has 2 aromatic rings. The molecule has 0 spiro atoms. The van der Waals surface area contributed by atoms with Crippen LogP contribution in [-0.4, -0.2) is 46.7 Å². The van der Waals surface area contributed by atoms with Crippen molar-refractivity contribution in [2.45, 2.75) is 19.6 Å². The molecule has 0 aliphatic rings. The first-order valence-electron chi connectivity index (χ1n) is 5.88. The van der Waals surface area contributed by atoms with E-state index in [1.54, 1.807) is 18.3 Å². The number of anilines is 1. The van der Waals surface area contributed by atoms with Gasteiger partial charge in [-0.25, -0.2) is 9.97 Å². The van der Waals surface area contributed by atoms with Crippen LogP contribution in [0.4, 0.5) is 5.82 Å². The van der Waals surface area contributed by atoms with Gasteiger partial charge in [0.1, 0.15) is 16.5 Å². The normalized spacial score (nSPS) is 13.2. The molecule has 0 bridgehead atoms. The van der Waals surface area contributed by atoms with Crippen molar-refractivity contribution in [3.8, 4) is 0 Å². The van der Waals surface area contributed by atoms with Gasteiger partial charge in [-0.05, 0) is 25.4 Å². The third kappa shape index (κ3) is 2.95. The third-order valence-corrected chi connectivity index (χ3v) is 3.40. The molecule has 5 nitrogen and oxygen atoms in total. The van der Waals surface area contributed by atoms with Crippen LogP contribution in [0.1, 0.15) is 12.7 Å². The minimum atomic E-state index is -0.343. The standard InChI is InChI=1S/C12H18N4OS/c1-8(17)6-16(3)7-10-14-11(13-2)9-4-5-18-12(9)15-10/h4-5,8,17H,6-7H2,1-3H3,(H,13,14,15). The lowest BCUT2D eigenvalue weighted by atomic mass is 10.3. The van der Waals surface area contributed by atoms with Gasteiger partial charge >= 0.3 is 0 Å². The van der Waals surface area contributed by atoms with Crippen LogP contribution in [0.3, 0.4) is 0 Å². The molecule has 2 N–H and O–H groups in total. The van der Waals surface area contributed by atoms with Gasteiger partial charge in [0.25, 0.3) is 0 Å². The molecule has 0 saturated carbocycles. The van der Waals surface area contributed by atoms with Crippen molar-refractivity contribution in [3.63, 3.8) is 0 Å². The highest BCUT2D eigenvalue weighted by Gasteiger charge is 2.10. The largest absolute Gasteiger partial charge is 0.392 e. The van der Waals surface area contributed by atoms with E-state index in [4.69, 9.17) is 0 Å². The number of hydrogen-bond acceptors (Lipinski definition) is 6. The number of aliphatic hydroxyl groups excluding tert-OH is 1. The van der Waals surface area contributed by atoms with Crippen molar-refractivity contribution < 1.29 is 5.11 Å². The molecule has 0 amide bonds. The fourth-order valence-corrected chi connectivity index (χ4v) is 2.70. The zero-order valence-corrected chi connectivity index (χ0v) is 11.7. The van der Waals surface area contributed by atoms with Crippen LogP contribution in [0.5, 0.6) is 0 Å². The van der Waals surface area contributed by atoms with Crippen LogP contribution < -0.4 is 5.32 Å². The van der Waals surface area contributed by atoms with Crippen molar-refractivity contribution in [3.05, 3.63) is 17.3 Å². The van der Waals surface area contributed by atoms with E-state index in [1.807, 2.05) is 30.4 Å². The molecule has 0 saturated heterocycles. The molecule has 0 fully saturated rings. The summed E-state index contributed by atoms with van der Waals surface area (Å²) in [5.74, 6) is 1.64. The highest BCUT2D eigenvalue weighted by atomic mass is 32.1. The highest BCUT2D eigenvalue weighted by Crippen LogP contribution is 2.24. The Morgan fingerprint density at radius 3 is 2.94 bits per heavy atom. The Bertz CT molecular complexity index is 526. The zero-order chi connectivity index (χ0) is 13.1. The molecule has 0 aliphatic heterocycles. The molecule has 98 valence electrons. The van der Waals surface area contributed by atoms with Gasteiger partial charge < -0.3 is 10.4 Å². The predicted octanol–water partition coefficient (Wildman–Crippen LogP) is 1.55. The lowest BCUT2D eigenvalue weighted by Gasteiger charge is -2.17. The summed E-state index contributed by atoms with van der Waals surface area (Å²) in [5, 5.41) is 15.5. The first-order chi connectivity index (χ1) is 8.60. The fraction of sp³-hybridized carbons (Fsp3) is 0.500. The molecular formula is C12H18N4OS. The Hall–Kier alpha value is -1.24. The maximum absolute atomic E-state index is 9.35. The lowest BCUT2D eigenvalue weighted by molar-refractivity contribution is 0.137. The summed E-state index contributed by atoms with van der Waals surface area (Å²) < 4.78 is 0. The summed E-state index contributed by atoms with van der Waals surface area (Å²) in [5.41, 5.74) is 0. The van der Waals surface area contributed by atoms with Crippen molar-refractivity contribution in [1.29, 1.82) is 0 Å². The fourth-order valence-electron chi connectivity index (χ4n) is 1.92. The van der Waals surface area contributed by atoms with Crippen molar-refractivity contribution in [2.24, 2.45) is 0 Å². The molecule has 2 rings (SSSR count). The first kappa shape index (κ1) is 13.2. The van der Waals surface area contributed by atoms with Gasteiger partial charge in [-0.3, -0.25) is 4.90 Å². The van der Waals surface area contributed by atoms with Gasteiger partial charge in [-0.2, -0.15) is 0 Å². The Morgan fingerprint density at radius 1 is 1.50 bits per heavy atom. The molecule has 18 heavy (non-hydrogen) atoms. The van der Waals surface area contributed by atoms with E-state index in [0.29, 0.717) is 13.1 Å². The minimum Gasteiger partial charge on any atom is -0.392 e. The number of nitrogens with zero attached hydrogens (tertiary/aromatic N) is 3. The van der Waals surface area contributed by atoms with Crippen LogP contribution in [0, 0.1) is 0 Å². The lowest BCUT2D eigenvalue weighted by Crippen LogP contribution is -2.27. The van der Waals surface area contributed by atoms with Gasteiger partial charge in [0, 0.05) is 13.6 Å². The van der Waals surface area contributed by atoms with Crippen molar-refractivity contribution in [1.82, 2.24) is 14.9 Å². The smallest absolute Gasteiger partial charge is 0.146 e.